The van der Waals surface area contributed by atoms with Crippen LogP contribution < -0.4 is 21.3 Å². The van der Waals surface area contributed by atoms with E-state index in [-0.39, 0.29) is 17.7 Å². The van der Waals surface area contributed by atoms with Gasteiger partial charge in [-0.1, -0.05) is 18.2 Å². The van der Waals surface area contributed by atoms with E-state index in [0.29, 0.717) is 5.57 Å². The van der Waals surface area contributed by atoms with E-state index in [1.165, 1.54) is 0 Å². The van der Waals surface area contributed by atoms with Crippen LogP contribution >= 0.6 is 0 Å². The highest BCUT2D eigenvalue weighted by Crippen LogP contribution is 2.31. The molecule has 1 fully saturated rings. The average molecular weight is 362 g/mol. The third-order valence-electron chi connectivity index (χ3n) is 5.22. The molecule has 27 heavy (non-hydrogen) atoms. The van der Waals surface area contributed by atoms with Gasteiger partial charge in [0.2, 0.25) is 5.91 Å². The zero-order valence-corrected chi connectivity index (χ0v) is 14.9. The van der Waals surface area contributed by atoms with Gasteiger partial charge in [-0.25, -0.2) is 0 Å². The number of fused-ring (bicyclic) bond motifs is 1. The summed E-state index contributed by atoms with van der Waals surface area (Å²) in [6.07, 6.45) is 3.35. The lowest BCUT2D eigenvalue weighted by molar-refractivity contribution is -0.122. The molecule has 2 aromatic carbocycles. The Kier molecular flexibility index (Phi) is 4.54. The molecule has 2 aliphatic heterocycles. The molecule has 1 saturated heterocycles. The lowest BCUT2D eigenvalue weighted by Crippen LogP contribution is -2.38. The summed E-state index contributed by atoms with van der Waals surface area (Å²) in [6, 6.07) is 15.7. The summed E-state index contributed by atoms with van der Waals surface area (Å²) in [6.45, 7) is 1.67. The molecule has 0 saturated carbocycles. The largest absolute Gasteiger partial charge is 0.371 e. The highest BCUT2D eigenvalue weighted by Gasteiger charge is 2.24. The summed E-state index contributed by atoms with van der Waals surface area (Å²) in [5.74, 6) is -0.299. The van der Waals surface area contributed by atoms with E-state index in [0.717, 1.165) is 48.6 Å². The van der Waals surface area contributed by atoms with Crippen LogP contribution in [0.1, 0.15) is 18.4 Å². The molecule has 0 aliphatic carbocycles. The van der Waals surface area contributed by atoms with Gasteiger partial charge in [0.05, 0.1) is 5.57 Å². The van der Waals surface area contributed by atoms with Gasteiger partial charge in [0.1, 0.15) is 0 Å². The highest BCUT2D eigenvalue weighted by atomic mass is 16.2. The van der Waals surface area contributed by atoms with Gasteiger partial charge in [-0.3, -0.25) is 9.59 Å². The number of carbonyl (C=O) groups excluding carboxylic acids is 2. The van der Waals surface area contributed by atoms with E-state index < -0.39 is 0 Å². The highest BCUT2D eigenvalue weighted by molar-refractivity contribution is 6.31. The predicted octanol–water partition coefficient (Wildman–Crippen LogP) is 2.79. The zero-order valence-electron chi connectivity index (χ0n) is 14.9. The van der Waals surface area contributed by atoms with Gasteiger partial charge in [-0.05, 0) is 43.2 Å². The van der Waals surface area contributed by atoms with E-state index in [4.69, 9.17) is 5.73 Å². The number of nitrogens with zero attached hydrogens (tertiary/aromatic N) is 1. The molecular weight excluding hydrogens is 340 g/mol. The third kappa shape index (κ3) is 3.51. The summed E-state index contributed by atoms with van der Waals surface area (Å²) in [5, 5.41) is 6.07. The second-order valence-electron chi connectivity index (χ2n) is 6.91. The van der Waals surface area contributed by atoms with Gasteiger partial charge in [0, 0.05) is 47.8 Å². The lowest BCUT2D eigenvalue weighted by atomic mass is 9.96. The van der Waals surface area contributed by atoms with Crippen LogP contribution in [0, 0.1) is 5.92 Å². The smallest absolute Gasteiger partial charge is 0.257 e. The summed E-state index contributed by atoms with van der Waals surface area (Å²) in [4.78, 5) is 25.7. The summed E-state index contributed by atoms with van der Waals surface area (Å²) in [5.41, 5.74) is 9.81. The van der Waals surface area contributed by atoms with E-state index in [9.17, 15) is 9.59 Å². The minimum Gasteiger partial charge on any atom is -0.371 e. The molecule has 2 aromatic rings. The number of hydrogen-bond acceptors (Lipinski definition) is 4. The first-order valence-corrected chi connectivity index (χ1v) is 9.13. The molecule has 2 amide bonds. The second-order valence-corrected chi connectivity index (χ2v) is 6.91. The lowest BCUT2D eigenvalue weighted by Gasteiger charge is -2.32. The Morgan fingerprint density at radius 1 is 1.11 bits per heavy atom. The van der Waals surface area contributed by atoms with Crippen molar-refractivity contribution in [3.63, 3.8) is 0 Å². The monoisotopic (exact) mass is 362 g/mol. The molecule has 2 aliphatic rings. The number of primary amides is 1. The molecule has 0 radical (unpaired) electrons. The molecule has 0 aromatic heterocycles. The fraction of sp³-hybridized carbons (Fsp3) is 0.238. The van der Waals surface area contributed by atoms with Crippen LogP contribution in [0.4, 0.5) is 17.1 Å². The molecule has 0 bridgehead atoms. The quantitative estimate of drug-likeness (QED) is 0.730. The fourth-order valence-corrected chi connectivity index (χ4v) is 3.63. The number of piperidine rings is 1. The Balaban J connectivity index is 1.42. The van der Waals surface area contributed by atoms with Gasteiger partial charge in [-0.2, -0.15) is 0 Å². The van der Waals surface area contributed by atoms with Gasteiger partial charge in [0.25, 0.3) is 5.91 Å². The minimum atomic E-state index is -0.195. The molecule has 6 nitrogen and oxygen atoms in total. The maximum absolute atomic E-state index is 12.1. The molecule has 2 heterocycles. The standard InChI is InChI=1S/C21H22N4O2/c22-20(26)14-9-11-25(12-10-14)16-7-5-15(6-8-16)23-13-18-17-3-1-2-4-19(17)24-21(18)27/h1-8,13-14,23H,9-12H2,(H2,22,26)(H,24,27). The first-order valence-electron chi connectivity index (χ1n) is 9.13. The van der Waals surface area contributed by atoms with Gasteiger partial charge in [0.15, 0.2) is 0 Å². The molecular formula is C21H22N4O2. The van der Waals surface area contributed by atoms with Crippen molar-refractivity contribution in [2.24, 2.45) is 11.7 Å². The molecule has 4 rings (SSSR count). The van der Waals surface area contributed by atoms with E-state index in [1.807, 2.05) is 48.5 Å². The number of para-hydroxylation sites is 1. The van der Waals surface area contributed by atoms with Crippen LogP contribution in [0.2, 0.25) is 0 Å². The van der Waals surface area contributed by atoms with Crippen LogP contribution in [0.25, 0.3) is 5.57 Å². The van der Waals surface area contributed by atoms with Crippen LogP contribution in [0.5, 0.6) is 0 Å². The van der Waals surface area contributed by atoms with Gasteiger partial charge >= 0.3 is 0 Å². The normalized spacial score (nSPS) is 18.3. The number of hydrogen-bond donors (Lipinski definition) is 3. The number of rotatable bonds is 4. The molecule has 4 N–H and O–H groups in total. The maximum Gasteiger partial charge on any atom is 0.257 e. The van der Waals surface area contributed by atoms with Crippen molar-refractivity contribution in [2.75, 3.05) is 28.6 Å². The van der Waals surface area contributed by atoms with Crippen LogP contribution in [0.3, 0.4) is 0 Å². The van der Waals surface area contributed by atoms with Gasteiger partial charge < -0.3 is 21.3 Å². The van der Waals surface area contributed by atoms with Crippen molar-refractivity contribution in [1.82, 2.24) is 0 Å². The molecule has 0 spiro atoms. The van der Waals surface area contributed by atoms with Crippen LogP contribution in [0.15, 0.2) is 54.7 Å². The summed E-state index contributed by atoms with van der Waals surface area (Å²) >= 11 is 0. The van der Waals surface area contributed by atoms with Crippen molar-refractivity contribution < 1.29 is 9.59 Å². The minimum absolute atomic E-state index is 0.00532. The molecule has 0 atom stereocenters. The maximum atomic E-state index is 12.1. The average Bonchev–Trinajstić information content (AvgIpc) is 3.02. The Labute approximate surface area is 158 Å². The predicted molar refractivity (Wildman–Crippen MR) is 107 cm³/mol. The van der Waals surface area contributed by atoms with Crippen LogP contribution in [-0.2, 0) is 9.59 Å². The number of benzene rings is 2. The van der Waals surface area contributed by atoms with Crippen molar-refractivity contribution in [1.29, 1.82) is 0 Å². The number of nitrogens with two attached hydrogens (primary N) is 1. The van der Waals surface area contributed by atoms with Crippen molar-refractivity contribution in [2.45, 2.75) is 12.8 Å². The van der Waals surface area contributed by atoms with E-state index in [2.05, 4.69) is 15.5 Å². The topological polar surface area (TPSA) is 87.5 Å². The number of anilines is 3. The Morgan fingerprint density at radius 2 is 1.81 bits per heavy atom. The SMILES string of the molecule is NC(=O)C1CCN(c2ccc(NC=C3C(=O)Nc4ccccc43)cc2)CC1. The van der Waals surface area contributed by atoms with E-state index in [1.54, 1.807) is 6.20 Å². The van der Waals surface area contributed by atoms with Gasteiger partial charge in [-0.15, -0.1) is 0 Å². The third-order valence-corrected chi connectivity index (χ3v) is 5.22. The van der Waals surface area contributed by atoms with Crippen molar-refractivity contribution in [3.05, 3.63) is 60.3 Å². The van der Waals surface area contributed by atoms with E-state index >= 15 is 0 Å². The first kappa shape index (κ1) is 17.1. The zero-order chi connectivity index (χ0) is 18.8. The second kappa shape index (κ2) is 7.15. The van der Waals surface area contributed by atoms with Crippen LogP contribution in [-0.4, -0.2) is 24.9 Å². The first-order chi connectivity index (χ1) is 13.1. The molecule has 6 heteroatoms. The molecule has 138 valence electrons. The Bertz CT molecular complexity index is 897. The Hall–Kier alpha value is -3.28. The number of amides is 2. The summed E-state index contributed by atoms with van der Waals surface area (Å²) < 4.78 is 0. The number of carbonyl (C=O) groups is 2. The Morgan fingerprint density at radius 3 is 2.52 bits per heavy atom. The van der Waals surface area contributed by atoms with Crippen molar-refractivity contribution >= 4 is 34.4 Å². The fourth-order valence-electron chi connectivity index (χ4n) is 3.63. The summed E-state index contributed by atoms with van der Waals surface area (Å²) in [7, 11) is 0. The van der Waals surface area contributed by atoms with Crippen molar-refractivity contribution in [3.8, 4) is 0 Å². The molecule has 0 unspecified atom stereocenters. The number of nitrogens with one attached hydrogen (secondary N) is 2.